The maximum atomic E-state index is 11.9. The van der Waals surface area contributed by atoms with Crippen molar-refractivity contribution in [3.63, 3.8) is 0 Å². The molecule has 2 rings (SSSR count). The zero-order chi connectivity index (χ0) is 15.1. The summed E-state index contributed by atoms with van der Waals surface area (Å²) in [6, 6.07) is 6.12. The summed E-state index contributed by atoms with van der Waals surface area (Å²) in [6.07, 6.45) is 0. The maximum absolute atomic E-state index is 11.9. The van der Waals surface area contributed by atoms with Gasteiger partial charge in [-0.2, -0.15) is 0 Å². The SMILES string of the molecule is Cc1cc(Br)ccc1SCC(=O)NCCN1CCOCC1. The zero-order valence-corrected chi connectivity index (χ0v) is 14.6. The van der Waals surface area contributed by atoms with Crippen molar-refractivity contribution in [2.75, 3.05) is 45.1 Å². The van der Waals surface area contributed by atoms with Gasteiger partial charge in [-0.05, 0) is 30.7 Å². The highest BCUT2D eigenvalue weighted by atomic mass is 79.9. The van der Waals surface area contributed by atoms with Crippen LogP contribution >= 0.6 is 27.7 Å². The van der Waals surface area contributed by atoms with Gasteiger partial charge in [-0.25, -0.2) is 0 Å². The number of thioether (sulfide) groups is 1. The Labute approximate surface area is 138 Å². The molecule has 116 valence electrons. The monoisotopic (exact) mass is 372 g/mol. The number of halogens is 1. The predicted octanol–water partition coefficient (Wildman–Crippen LogP) is 2.30. The van der Waals surface area contributed by atoms with E-state index in [0.717, 1.165) is 42.2 Å². The molecule has 1 saturated heterocycles. The van der Waals surface area contributed by atoms with Gasteiger partial charge in [0, 0.05) is 35.5 Å². The summed E-state index contributed by atoms with van der Waals surface area (Å²) in [5, 5.41) is 2.98. The number of nitrogens with one attached hydrogen (secondary N) is 1. The minimum absolute atomic E-state index is 0.0931. The first kappa shape index (κ1) is 16.8. The first-order valence-corrected chi connectivity index (χ1v) is 8.89. The maximum Gasteiger partial charge on any atom is 0.230 e. The Balaban J connectivity index is 1.65. The third-order valence-corrected chi connectivity index (χ3v) is 5.02. The zero-order valence-electron chi connectivity index (χ0n) is 12.2. The number of ether oxygens (including phenoxy) is 1. The number of hydrogen-bond acceptors (Lipinski definition) is 4. The van der Waals surface area contributed by atoms with Gasteiger partial charge in [-0.1, -0.05) is 15.9 Å². The highest BCUT2D eigenvalue weighted by Crippen LogP contribution is 2.24. The van der Waals surface area contributed by atoms with Crippen LogP contribution in [0.2, 0.25) is 0 Å². The fourth-order valence-corrected chi connectivity index (χ4v) is 3.46. The molecule has 1 aromatic rings. The van der Waals surface area contributed by atoms with Gasteiger partial charge in [0.2, 0.25) is 5.91 Å². The summed E-state index contributed by atoms with van der Waals surface area (Å²) in [5.41, 5.74) is 1.19. The van der Waals surface area contributed by atoms with E-state index in [2.05, 4.69) is 39.1 Å². The number of aryl methyl sites for hydroxylation is 1. The average molecular weight is 373 g/mol. The number of morpholine rings is 1. The standard InChI is InChI=1S/C15H21BrN2O2S/c1-12-10-13(16)2-3-14(12)21-11-15(19)17-4-5-18-6-8-20-9-7-18/h2-3,10H,4-9,11H2,1H3,(H,17,19). The number of rotatable bonds is 6. The molecule has 0 aliphatic carbocycles. The number of carbonyl (C=O) groups is 1. The van der Waals surface area contributed by atoms with E-state index in [1.807, 2.05) is 12.1 Å². The molecule has 1 fully saturated rings. The topological polar surface area (TPSA) is 41.6 Å². The van der Waals surface area contributed by atoms with E-state index in [4.69, 9.17) is 4.74 Å². The largest absolute Gasteiger partial charge is 0.379 e. The first-order chi connectivity index (χ1) is 10.1. The van der Waals surface area contributed by atoms with Gasteiger partial charge in [0.25, 0.3) is 0 Å². The van der Waals surface area contributed by atoms with Crippen LogP contribution in [0.15, 0.2) is 27.6 Å². The van der Waals surface area contributed by atoms with Crippen LogP contribution < -0.4 is 5.32 Å². The lowest BCUT2D eigenvalue weighted by atomic mass is 10.2. The van der Waals surface area contributed by atoms with Crippen LogP contribution in [0.5, 0.6) is 0 Å². The van der Waals surface area contributed by atoms with Crippen LogP contribution in [-0.4, -0.2) is 56.0 Å². The van der Waals surface area contributed by atoms with Crippen LogP contribution in [0.25, 0.3) is 0 Å². The predicted molar refractivity (Wildman–Crippen MR) is 89.9 cm³/mol. The Bertz CT molecular complexity index is 479. The molecule has 4 nitrogen and oxygen atoms in total. The van der Waals surface area contributed by atoms with Crippen molar-refractivity contribution in [2.24, 2.45) is 0 Å². The lowest BCUT2D eigenvalue weighted by Crippen LogP contribution is -2.41. The minimum Gasteiger partial charge on any atom is -0.379 e. The van der Waals surface area contributed by atoms with E-state index in [1.54, 1.807) is 11.8 Å². The molecular weight excluding hydrogens is 352 g/mol. The molecule has 1 N–H and O–H groups in total. The van der Waals surface area contributed by atoms with E-state index in [9.17, 15) is 4.79 Å². The van der Waals surface area contributed by atoms with E-state index in [0.29, 0.717) is 12.3 Å². The highest BCUT2D eigenvalue weighted by Gasteiger charge is 2.10. The minimum atomic E-state index is 0.0931. The van der Waals surface area contributed by atoms with Crippen molar-refractivity contribution in [2.45, 2.75) is 11.8 Å². The van der Waals surface area contributed by atoms with Crippen molar-refractivity contribution in [3.8, 4) is 0 Å². The quantitative estimate of drug-likeness (QED) is 0.777. The van der Waals surface area contributed by atoms with E-state index >= 15 is 0 Å². The summed E-state index contributed by atoms with van der Waals surface area (Å²) < 4.78 is 6.37. The Morgan fingerprint density at radius 3 is 2.90 bits per heavy atom. The second kappa shape index (κ2) is 8.78. The molecular formula is C15H21BrN2O2S. The van der Waals surface area contributed by atoms with Gasteiger partial charge >= 0.3 is 0 Å². The molecule has 1 amide bonds. The van der Waals surface area contributed by atoms with E-state index in [-0.39, 0.29) is 5.91 Å². The van der Waals surface area contributed by atoms with Gasteiger partial charge < -0.3 is 10.1 Å². The summed E-state index contributed by atoms with van der Waals surface area (Å²) in [7, 11) is 0. The molecule has 0 atom stereocenters. The van der Waals surface area contributed by atoms with E-state index in [1.165, 1.54) is 5.56 Å². The van der Waals surface area contributed by atoms with Crippen LogP contribution in [0.4, 0.5) is 0 Å². The molecule has 0 aromatic heterocycles. The summed E-state index contributed by atoms with van der Waals surface area (Å²) in [4.78, 5) is 15.3. The summed E-state index contributed by atoms with van der Waals surface area (Å²) in [6.45, 7) is 7.18. The normalized spacial score (nSPS) is 15.9. The number of benzene rings is 1. The molecule has 0 unspecified atom stereocenters. The molecule has 0 saturated carbocycles. The van der Waals surface area contributed by atoms with Gasteiger partial charge in [0.1, 0.15) is 0 Å². The molecule has 1 aliphatic rings. The molecule has 6 heteroatoms. The van der Waals surface area contributed by atoms with Gasteiger partial charge in [-0.15, -0.1) is 11.8 Å². The Hall–Kier alpha value is -0.560. The van der Waals surface area contributed by atoms with Crippen LogP contribution in [0.3, 0.4) is 0 Å². The smallest absolute Gasteiger partial charge is 0.230 e. The van der Waals surface area contributed by atoms with Crippen LogP contribution in [0, 0.1) is 6.92 Å². The third-order valence-electron chi connectivity index (χ3n) is 3.35. The fourth-order valence-electron chi connectivity index (χ4n) is 2.15. The van der Waals surface area contributed by atoms with Gasteiger partial charge in [0.15, 0.2) is 0 Å². The molecule has 0 radical (unpaired) electrons. The molecule has 21 heavy (non-hydrogen) atoms. The summed E-state index contributed by atoms with van der Waals surface area (Å²) in [5.74, 6) is 0.557. The number of hydrogen-bond donors (Lipinski definition) is 1. The van der Waals surface area contributed by atoms with Crippen molar-refractivity contribution in [1.29, 1.82) is 0 Å². The summed E-state index contributed by atoms with van der Waals surface area (Å²) >= 11 is 5.03. The molecule has 0 spiro atoms. The Kier molecular flexibility index (Phi) is 7.03. The second-order valence-corrected chi connectivity index (χ2v) is 6.94. The van der Waals surface area contributed by atoms with Gasteiger partial charge in [0.05, 0.1) is 19.0 Å². The van der Waals surface area contributed by atoms with Crippen LogP contribution in [0.1, 0.15) is 5.56 Å². The molecule has 0 bridgehead atoms. The first-order valence-electron chi connectivity index (χ1n) is 7.11. The number of nitrogens with zero attached hydrogens (tertiary/aromatic N) is 1. The Morgan fingerprint density at radius 2 is 2.19 bits per heavy atom. The van der Waals surface area contributed by atoms with Crippen LogP contribution in [-0.2, 0) is 9.53 Å². The lowest BCUT2D eigenvalue weighted by molar-refractivity contribution is -0.118. The lowest BCUT2D eigenvalue weighted by Gasteiger charge is -2.26. The third kappa shape index (κ3) is 5.98. The highest BCUT2D eigenvalue weighted by molar-refractivity contribution is 9.10. The van der Waals surface area contributed by atoms with Crippen molar-refractivity contribution in [3.05, 3.63) is 28.2 Å². The molecule has 1 aliphatic heterocycles. The van der Waals surface area contributed by atoms with Crippen molar-refractivity contribution < 1.29 is 9.53 Å². The van der Waals surface area contributed by atoms with Crippen molar-refractivity contribution >= 4 is 33.6 Å². The molecule has 1 aromatic carbocycles. The fraction of sp³-hybridized carbons (Fsp3) is 0.533. The average Bonchev–Trinajstić information content (AvgIpc) is 2.47. The molecule has 1 heterocycles. The van der Waals surface area contributed by atoms with Crippen molar-refractivity contribution in [1.82, 2.24) is 10.2 Å². The van der Waals surface area contributed by atoms with Gasteiger partial charge in [-0.3, -0.25) is 9.69 Å². The number of amides is 1. The van der Waals surface area contributed by atoms with E-state index < -0.39 is 0 Å². The Morgan fingerprint density at radius 1 is 1.43 bits per heavy atom. The second-order valence-electron chi connectivity index (χ2n) is 5.00. The number of carbonyl (C=O) groups excluding carboxylic acids is 1.